The number of nitrogens with zero attached hydrogens (tertiary/aromatic N) is 6. The predicted octanol–water partition coefficient (Wildman–Crippen LogP) is 4.11. The summed E-state index contributed by atoms with van der Waals surface area (Å²) < 4.78 is 7.42. The Labute approximate surface area is 228 Å². The van der Waals surface area contributed by atoms with E-state index in [1.807, 2.05) is 22.9 Å². The Balaban J connectivity index is 1.32. The molecule has 0 amide bonds. The molecule has 2 fully saturated rings. The van der Waals surface area contributed by atoms with Crippen LogP contribution in [0, 0.1) is 0 Å². The summed E-state index contributed by atoms with van der Waals surface area (Å²) in [6, 6.07) is 16.6. The molecule has 9 nitrogen and oxygen atoms in total. The number of ether oxygens (including phenoxy) is 1. The molecule has 1 atom stereocenters. The average molecular weight is 528 g/mol. The van der Waals surface area contributed by atoms with E-state index in [4.69, 9.17) is 4.74 Å². The molecule has 39 heavy (non-hydrogen) atoms. The van der Waals surface area contributed by atoms with Crippen molar-refractivity contribution in [3.63, 3.8) is 0 Å². The maximum absolute atomic E-state index is 13.6. The Hall–Kier alpha value is -3.56. The van der Waals surface area contributed by atoms with Gasteiger partial charge in [-0.3, -0.25) is 14.6 Å². The average Bonchev–Trinajstić information content (AvgIpc) is 3.67. The quantitative estimate of drug-likeness (QED) is 0.369. The largest absolute Gasteiger partial charge is 0.497 e. The van der Waals surface area contributed by atoms with Gasteiger partial charge in [-0.2, -0.15) is 0 Å². The summed E-state index contributed by atoms with van der Waals surface area (Å²) >= 11 is 0. The van der Waals surface area contributed by atoms with Gasteiger partial charge in [-0.1, -0.05) is 38.0 Å². The van der Waals surface area contributed by atoms with E-state index in [1.165, 1.54) is 24.0 Å². The van der Waals surface area contributed by atoms with Gasteiger partial charge in [0.2, 0.25) is 0 Å². The normalized spacial score (nSPS) is 18.1. The van der Waals surface area contributed by atoms with Crippen LogP contribution < -0.4 is 10.3 Å². The molecule has 2 aliphatic rings. The molecule has 9 heteroatoms. The van der Waals surface area contributed by atoms with Crippen molar-refractivity contribution in [2.75, 3.05) is 33.3 Å². The van der Waals surface area contributed by atoms with E-state index in [-0.39, 0.29) is 17.6 Å². The van der Waals surface area contributed by atoms with E-state index in [0.29, 0.717) is 5.56 Å². The number of hydrogen-bond acceptors (Lipinski definition) is 7. The number of piperazine rings is 1. The van der Waals surface area contributed by atoms with Crippen LogP contribution in [0.4, 0.5) is 0 Å². The fourth-order valence-corrected chi connectivity index (χ4v) is 6.19. The van der Waals surface area contributed by atoms with Crippen molar-refractivity contribution < 1.29 is 4.74 Å². The number of H-pyrrole nitrogens is 1. The maximum atomic E-state index is 13.6. The molecule has 2 aromatic heterocycles. The molecule has 6 rings (SSSR count). The Morgan fingerprint density at radius 3 is 2.62 bits per heavy atom. The Morgan fingerprint density at radius 2 is 1.85 bits per heavy atom. The minimum Gasteiger partial charge on any atom is -0.497 e. The van der Waals surface area contributed by atoms with Crippen LogP contribution in [0.5, 0.6) is 5.75 Å². The number of tetrazole rings is 1. The van der Waals surface area contributed by atoms with Crippen molar-refractivity contribution >= 4 is 10.9 Å². The lowest BCUT2D eigenvalue weighted by Crippen LogP contribution is -2.48. The second-order valence-corrected chi connectivity index (χ2v) is 10.8. The van der Waals surface area contributed by atoms with Gasteiger partial charge in [0.15, 0.2) is 5.82 Å². The molecule has 0 radical (unpaired) electrons. The highest BCUT2D eigenvalue weighted by Crippen LogP contribution is 2.34. The van der Waals surface area contributed by atoms with E-state index in [9.17, 15) is 4.79 Å². The number of fused-ring (bicyclic) bond motifs is 1. The van der Waals surface area contributed by atoms with Crippen LogP contribution in [-0.2, 0) is 13.0 Å². The van der Waals surface area contributed by atoms with Crippen molar-refractivity contribution in [1.82, 2.24) is 35.0 Å². The summed E-state index contributed by atoms with van der Waals surface area (Å²) in [6.07, 6.45) is 5.48. The summed E-state index contributed by atoms with van der Waals surface area (Å²) in [4.78, 5) is 21.6. The highest BCUT2D eigenvalue weighted by atomic mass is 16.5. The van der Waals surface area contributed by atoms with Crippen LogP contribution in [0.3, 0.4) is 0 Å². The zero-order chi connectivity index (χ0) is 26.8. The zero-order valence-corrected chi connectivity index (χ0v) is 22.8. The number of pyridine rings is 1. The lowest BCUT2D eigenvalue weighted by Gasteiger charge is -2.39. The minimum absolute atomic E-state index is 0.0727. The first-order chi connectivity index (χ1) is 19.1. The molecule has 2 aromatic carbocycles. The Kier molecular flexibility index (Phi) is 7.43. The van der Waals surface area contributed by atoms with Crippen LogP contribution in [0.25, 0.3) is 10.9 Å². The van der Waals surface area contributed by atoms with Gasteiger partial charge in [0, 0.05) is 43.8 Å². The van der Waals surface area contributed by atoms with Gasteiger partial charge in [0.1, 0.15) is 11.8 Å². The third-order valence-corrected chi connectivity index (χ3v) is 8.39. The van der Waals surface area contributed by atoms with Crippen molar-refractivity contribution in [3.05, 3.63) is 81.4 Å². The molecule has 1 saturated heterocycles. The second-order valence-electron chi connectivity index (χ2n) is 10.8. The number of nitrogens with one attached hydrogen (secondary N) is 1. The van der Waals surface area contributed by atoms with E-state index >= 15 is 0 Å². The number of rotatable bonds is 8. The molecule has 1 aliphatic heterocycles. The summed E-state index contributed by atoms with van der Waals surface area (Å²) in [5.74, 6) is 1.66. The standard InChI is InChI=1S/C30H37N7O2/c1-3-21-11-12-27-23(17-21)19-26(30(38)31-27)28(29-32-33-34-37(29)24-8-4-5-9-24)36-15-13-35(14-16-36)20-22-7-6-10-25(18-22)39-2/h6-7,10-12,17-19,24,28H,3-5,8-9,13-16,20H2,1-2H3,(H,31,38). The van der Waals surface area contributed by atoms with E-state index < -0.39 is 0 Å². The molecule has 204 valence electrons. The Morgan fingerprint density at radius 1 is 1.03 bits per heavy atom. The minimum atomic E-state index is -0.307. The molecular weight excluding hydrogens is 490 g/mol. The first kappa shape index (κ1) is 25.7. The summed E-state index contributed by atoms with van der Waals surface area (Å²) in [5, 5.41) is 14.2. The molecule has 1 aliphatic carbocycles. The summed E-state index contributed by atoms with van der Waals surface area (Å²) in [6.45, 7) is 6.44. The number of hydrogen-bond donors (Lipinski definition) is 1. The number of aromatic amines is 1. The molecule has 0 bridgehead atoms. The van der Waals surface area contributed by atoms with E-state index in [0.717, 1.165) is 74.5 Å². The van der Waals surface area contributed by atoms with Crippen LogP contribution in [0.1, 0.15) is 67.2 Å². The highest BCUT2D eigenvalue weighted by molar-refractivity contribution is 5.80. The van der Waals surface area contributed by atoms with Crippen LogP contribution >= 0.6 is 0 Å². The first-order valence-electron chi connectivity index (χ1n) is 14.2. The number of aromatic nitrogens is 5. The first-order valence-corrected chi connectivity index (χ1v) is 14.2. The smallest absolute Gasteiger partial charge is 0.253 e. The van der Waals surface area contributed by atoms with Crippen LogP contribution in [0.15, 0.2) is 53.3 Å². The van der Waals surface area contributed by atoms with E-state index in [1.54, 1.807) is 7.11 Å². The predicted molar refractivity (Wildman–Crippen MR) is 151 cm³/mol. The monoisotopic (exact) mass is 527 g/mol. The summed E-state index contributed by atoms with van der Waals surface area (Å²) in [7, 11) is 1.70. The fraction of sp³-hybridized carbons (Fsp3) is 0.467. The van der Waals surface area contributed by atoms with Crippen molar-refractivity contribution in [3.8, 4) is 5.75 Å². The molecule has 1 unspecified atom stereocenters. The summed E-state index contributed by atoms with van der Waals surface area (Å²) in [5.41, 5.74) is 3.99. The van der Waals surface area contributed by atoms with Crippen LogP contribution in [0.2, 0.25) is 0 Å². The van der Waals surface area contributed by atoms with Gasteiger partial charge in [0.25, 0.3) is 5.56 Å². The van der Waals surface area contributed by atoms with Crippen molar-refractivity contribution in [2.24, 2.45) is 0 Å². The highest BCUT2D eigenvalue weighted by Gasteiger charge is 2.34. The van der Waals surface area contributed by atoms with Gasteiger partial charge in [-0.15, -0.1) is 5.10 Å². The zero-order valence-electron chi connectivity index (χ0n) is 22.8. The number of aryl methyl sites for hydroxylation is 1. The van der Waals surface area contributed by atoms with Gasteiger partial charge in [-0.05, 0) is 76.5 Å². The van der Waals surface area contributed by atoms with E-state index in [2.05, 4.69) is 67.6 Å². The molecule has 4 aromatic rings. The third-order valence-electron chi connectivity index (χ3n) is 8.39. The SMILES string of the molecule is CCc1ccc2[nH]c(=O)c(C(c3nnnn3C3CCCC3)N3CCN(Cc4cccc(OC)c4)CC3)cc2c1. The van der Waals surface area contributed by atoms with Crippen molar-refractivity contribution in [2.45, 2.75) is 57.7 Å². The Bertz CT molecular complexity index is 1480. The lowest BCUT2D eigenvalue weighted by molar-refractivity contribution is 0.0988. The van der Waals surface area contributed by atoms with Crippen molar-refractivity contribution in [1.29, 1.82) is 0 Å². The fourth-order valence-electron chi connectivity index (χ4n) is 6.19. The van der Waals surface area contributed by atoms with Crippen LogP contribution in [-0.4, -0.2) is 68.3 Å². The topological polar surface area (TPSA) is 92.2 Å². The van der Waals surface area contributed by atoms with Gasteiger partial charge in [0.05, 0.1) is 13.2 Å². The second kappa shape index (κ2) is 11.3. The molecule has 1 saturated carbocycles. The number of methoxy groups -OCH3 is 1. The molecule has 1 N–H and O–H groups in total. The molecular formula is C30H37N7O2. The molecule has 0 spiro atoms. The lowest BCUT2D eigenvalue weighted by atomic mass is 10.0. The van der Waals surface area contributed by atoms with Gasteiger partial charge in [-0.25, -0.2) is 4.68 Å². The maximum Gasteiger partial charge on any atom is 0.253 e. The number of benzene rings is 2. The molecule has 3 heterocycles. The van der Waals surface area contributed by atoms with Gasteiger partial charge >= 0.3 is 0 Å². The third kappa shape index (κ3) is 5.33. The van der Waals surface area contributed by atoms with Gasteiger partial charge < -0.3 is 9.72 Å².